The first-order valence-electron chi connectivity index (χ1n) is 10.7. The molecule has 4 aromatic rings. The number of anilines is 1. The van der Waals surface area contributed by atoms with Crippen molar-refractivity contribution in [3.63, 3.8) is 0 Å². The highest BCUT2D eigenvalue weighted by Crippen LogP contribution is 2.25. The predicted molar refractivity (Wildman–Crippen MR) is 133 cm³/mol. The fourth-order valence-corrected chi connectivity index (χ4v) is 3.64. The molecule has 172 valence electrons. The van der Waals surface area contributed by atoms with Crippen molar-refractivity contribution >= 4 is 29.3 Å². The number of carbonyl (C=O) groups is 1. The zero-order chi connectivity index (χ0) is 24.1. The van der Waals surface area contributed by atoms with E-state index in [1.807, 2.05) is 26.8 Å². The molecule has 0 unspecified atom stereocenters. The van der Waals surface area contributed by atoms with Crippen LogP contribution < -0.4 is 10.1 Å². The van der Waals surface area contributed by atoms with Gasteiger partial charge < -0.3 is 10.1 Å². The first kappa shape index (κ1) is 23.2. The van der Waals surface area contributed by atoms with E-state index in [0.29, 0.717) is 28.7 Å². The molecule has 0 bridgehead atoms. The number of hydrogen-bond acceptors (Lipinski definition) is 5. The fourth-order valence-electron chi connectivity index (χ4n) is 3.34. The lowest BCUT2D eigenvalue weighted by molar-refractivity contribution is -0.111. The van der Waals surface area contributed by atoms with E-state index in [1.165, 1.54) is 11.6 Å². The van der Waals surface area contributed by atoms with Gasteiger partial charge in [0.25, 0.3) is 0 Å². The minimum atomic E-state index is -0.273. The van der Waals surface area contributed by atoms with Gasteiger partial charge in [-0.3, -0.25) is 4.79 Å². The number of hydrogen-bond donors (Lipinski definition) is 1. The standard InChI is InChI=1S/C26H24ClN5O2/c1-17-5-7-20(8-6-17)16-32-25(27)22(19(3)31-32)10-12-24(33)30-23-11-9-21(15-18(23)2)34-26-28-13-4-14-29-26/h4-15H,16H2,1-3H3,(H,30,33)/b12-10+. The van der Waals surface area contributed by atoms with E-state index in [1.54, 1.807) is 41.4 Å². The number of aromatic nitrogens is 4. The molecule has 0 radical (unpaired) electrons. The van der Waals surface area contributed by atoms with Crippen LogP contribution in [-0.2, 0) is 11.3 Å². The number of nitrogens with zero attached hydrogens (tertiary/aromatic N) is 4. The molecule has 0 aliphatic rings. The molecule has 2 aromatic heterocycles. The minimum Gasteiger partial charge on any atom is -0.424 e. The molecule has 0 fully saturated rings. The molecule has 0 atom stereocenters. The van der Waals surface area contributed by atoms with E-state index in [4.69, 9.17) is 16.3 Å². The molecule has 34 heavy (non-hydrogen) atoms. The molecule has 2 aromatic carbocycles. The quantitative estimate of drug-likeness (QED) is 0.346. The molecular weight excluding hydrogens is 450 g/mol. The second kappa shape index (κ2) is 10.3. The molecular formula is C26H24ClN5O2. The number of nitrogens with one attached hydrogen (secondary N) is 1. The Hall–Kier alpha value is -3.97. The number of ether oxygens (including phenoxy) is 1. The third-order valence-corrected chi connectivity index (χ3v) is 5.57. The molecule has 0 aliphatic carbocycles. The van der Waals surface area contributed by atoms with Crippen molar-refractivity contribution < 1.29 is 9.53 Å². The van der Waals surface area contributed by atoms with E-state index in [9.17, 15) is 4.79 Å². The number of rotatable bonds is 7. The number of benzene rings is 2. The average Bonchev–Trinajstić information content (AvgIpc) is 3.08. The van der Waals surface area contributed by atoms with Crippen molar-refractivity contribution in [3.8, 4) is 11.8 Å². The summed E-state index contributed by atoms with van der Waals surface area (Å²) in [6.45, 7) is 6.36. The first-order chi connectivity index (χ1) is 16.4. The zero-order valence-corrected chi connectivity index (χ0v) is 19.9. The van der Waals surface area contributed by atoms with Gasteiger partial charge in [-0.05, 0) is 62.2 Å². The van der Waals surface area contributed by atoms with Gasteiger partial charge in [-0.1, -0.05) is 41.4 Å². The lowest BCUT2D eigenvalue weighted by Gasteiger charge is -2.09. The number of halogens is 1. The highest BCUT2D eigenvalue weighted by molar-refractivity contribution is 6.31. The third-order valence-electron chi connectivity index (χ3n) is 5.17. The van der Waals surface area contributed by atoms with Crippen LogP contribution in [0.4, 0.5) is 5.69 Å². The largest absolute Gasteiger partial charge is 0.424 e. The molecule has 8 heteroatoms. The Kier molecular flexibility index (Phi) is 7.04. The van der Waals surface area contributed by atoms with Crippen LogP contribution in [0.25, 0.3) is 6.08 Å². The lowest BCUT2D eigenvalue weighted by atomic mass is 10.1. The van der Waals surface area contributed by atoms with Crippen molar-refractivity contribution in [3.05, 3.63) is 100 Å². The van der Waals surface area contributed by atoms with Crippen molar-refractivity contribution in [1.82, 2.24) is 19.7 Å². The van der Waals surface area contributed by atoms with Gasteiger partial charge in [0, 0.05) is 29.7 Å². The average molecular weight is 474 g/mol. The molecule has 2 heterocycles. The number of carbonyl (C=O) groups excluding carboxylic acids is 1. The van der Waals surface area contributed by atoms with E-state index in [0.717, 1.165) is 16.8 Å². The van der Waals surface area contributed by atoms with E-state index >= 15 is 0 Å². The van der Waals surface area contributed by atoms with Crippen LogP contribution in [0.1, 0.15) is 27.9 Å². The molecule has 0 saturated heterocycles. The topological polar surface area (TPSA) is 81.9 Å². The monoisotopic (exact) mass is 473 g/mol. The van der Waals surface area contributed by atoms with E-state index < -0.39 is 0 Å². The van der Waals surface area contributed by atoms with Gasteiger partial charge in [-0.25, -0.2) is 14.6 Å². The zero-order valence-electron chi connectivity index (χ0n) is 19.1. The van der Waals surface area contributed by atoms with Crippen LogP contribution in [-0.4, -0.2) is 25.7 Å². The van der Waals surface area contributed by atoms with Gasteiger partial charge in [-0.2, -0.15) is 5.10 Å². The minimum absolute atomic E-state index is 0.261. The molecule has 0 spiro atoms. The second-order valence-electron chi connectivity index (χ2n) is 7.87. The number of aryl methyl sites for hydroxylation is 3. The lowest BCUT2D eigenvalue weighted by Crippen LogP contribution is -2.09. The normalized spacial score (nSPS) is 11.1. The van der Waals surface area contributed by atoms with Crippen molar-refractivity contribution in [2.75, 3.05) is 5.32 Å². The Labute approximate surface area is 203 Å². The van der Waals surface area contributed by atoms with Crippen LogP contribution in [0.2, 0.25) is 5.15 Å². The Balaban J connectivity index is 1.42. The van der Waals surface area contributed by atoms with Gasteiger partial charge in [-0.15, -0.1) is 0 Å². The SMILES string of the molecule is Cc1ccc(Cn2nc(C)c(/C=C/C(=O)Nc3ccc(Oc4ncccn4)cc3C)c2Cl)cc1. The maximum atomic E-state index is 12.5. The highest BCUT2D eigenvalue weighted by atomic mass is 35.5. The van der Waals surface area contributed by atoms with Crippen molar-refractivity contribution in [1.29, 1.82) is 0 Å². The first-order valence-corrected chi connectivity index (χ1v) is 11.1. The Morgan fingerprint density at radius 1 is 1.09 bits per heavy atom. The van der Waals surface area contributed by atoms with Gasteiger partial charge in [0.15, 0.2) is 0 Å². The summed E-state index contributed by atoms with van der Waals surface area (Å²) in [4.78, 5) is 20.6. The maximum absolute atomic E-state index is 12.5. The van der Waals surface area contributed by atoms with Crippen LogP contribution in [0.5, 0.6) is 11.8 Å². The smallest absolute Gasteiger partial charge is 0.321 e. The van der Waals surface area contributed by atoms with Gasteiger partial charge in [0.05, 0.1) is 12.2 Å². The van der Waals surface area contributed by atoms with Crippen molar-refractivity contribution in [2.24, 2.45) is 0 Å². The second-order valence-corrected chi connectivity index (χ2v) is 8.22. The van der Waals surface area contributed by atoms with E-state index in [-0.39, 0.29) is 11.9 Å². The van der Waals surface area contributed by atoms with Gasteiger partial charge in [0.2, 0.25) is 5.91 Å². The summed E-state index contributed by atoms with van der Waals surface area (Å²) >= 11 is 6.56. The molecule has 0 aliphatic heterocycles. The van der Waals surface area contributed by atoms with Crippen LogP contribution in [0.15, 0.2) is 67.0 Å². The van der Waals surface area contributed by atoms with Crippen molar-refractivity contribution in [2.45, 2.75) is 27.3 Å². The van der Waals surface area contributed by atoms with E-state index in [2.05, 4.69) is 44.6 Å². The molecule has 7 nitrogen and oxygen atoms in total. The van der Waals surface area contributed by atoms with Crippen LogP contribution in [0, 0.1) is 20.8 Å². The maximum Gasteiger partial charge on any atom is 0.321 e. The van der Waals surface area contributed by atoms with Crippen LogP contribution in [0.3, 0.4) is 0 Å². The molecule has 1 N–H and O–H groups in total. The van der Waals surface area contributed by atoms with Gasteiger partial charge in [0.1, 0.15) is 10.9 Å². The summed E-state index contributed by atoms with van der Waals surface area (Å²) in [7, 11) is 0. The summed E-state index contributed by atoms with van der Waals surface area (Å²) in [5.74, 6) is 0.311. The Morgan fingerprint density at radius 2 is 1.82 bits per heavy atom. The van der Waals surface area contributed by atoms with Gasteiger partial charge >= 0.3 is 6.01 Å². The van der Waals surface area contributed by atoms with Crippen LogP contribution >= 0.6 is 11.6 Å². The Morgan fingerprint density at radius 3 is 2.53 bits per heavy atom. The summed E-state index contributed by atoms with van der Waals surface area (Å²) in [6.07, 6.45) is 6.35. The molecule has 0 saturated carbocycles. The molecule has 1 amide bonds. The summed E-state index contributed by atoms with van der Waals surface area (Å²) in [5.41, 5.74) is 5.28. The predicted octanol–water partition coefficient (Wildman–Crippen LogP) is 5.74. The summed E-state index contributed by atoms with van der Waals surface area (Å²) in [6, 6.07) is 15.5. The Bertz CT molecular complexity index is 1330. The third kappa shape index (κ3) is 5.68. The summed E-state index contributed by atoms with van der Waals surface area (Å²) in [5, 5.41) is 7.89. The fraction of sp³-hybridized carbons (Fsp3) is 0.154. The number of amides is 1. The summed E-state index contributed by atoms with van der Waals surface area (Å²) < 4.78 is 7.36. The highest BCUT2D eigenvalue weighted by Gasteiger charge is 2.12. The molecule has 4 rings (SSSR count).